The van der Waals surface area contributed by atoms with Crippen molar-refractivity contribution in [3.63, 3.8) is 0 Å². The summed E-state index contributed by atoms with van der Waals surface area (Å²) in [5.74, 6) is -3.13. The largest absolute Gasteiger partial charge is 0.444 e. The Labute approximate surface area is 245 Å². The van der Waals surface area contributed by atoms with E-state index in [2.05, 4.69) is 30.6 Å². The van der Waals surface area contributed by atoms with E-state index in [1.54, 1.807) is 20.8 Å². The maximum atomic E-state index is 14.5. The highest BCUT2D eigenvalue weighted by Gasteiger charge is 2.37. The average Bonchev–Trinajstić information content (AvgIpc) is 3.52. The molecule has 0 radical (unpaired) electrons. The molecule has 3 N–H and O–H groups in total. The van der Waals surface area contributed by atoms with E-state index in [0.717, 1.165) is 11.1 Å². The van der Waals surface area contributed by atoms with E-state index >= 15 is 0 Å². The summed E-state index contributed by atoms with van der Waals surface area (Å²) in [4.78, 5) is 27.8. The van der Waals surface area contributed by atoms with Crippen molar-refractivity contribution in [1.82, 2.24) is 30.2 Å². The molecule has 0 spiro atoms. The molecule has 1 fully saturated rings. The lowest BCUT2D eigenvalue weighted by atomic mass is 10.1. The number of fused-ring (bicyclic) bond motifs is 1. The second-order valence-corrected chi connectivity index (χ2v) is 11.6. The molecular weight excluding hydrogens is 575 g/mol. The number of rotatable bonds is 9. The minimum atomic E-state index is -4.72. The zero-order chi connectivity index (χ0) is 31.6. The zero-order valence-electron chi connectivity index (χ0n) is 24.1. The van der Waals surface area contributed by atoms with E-state index in [1.165, 1.54) is 25.4 Å². The van der Waals surface area contributed by atoms with Gasteiger partial charge in [0, 0.05) is 55.4 Å². The van der Waals surface area contributed by atoms with Gasteiger partial charge in [-0.15, -0.1) is 0 Å². The van der Waals surface area contributed by atoms with Gasteiger partial charge in [-0.05, 0) is 52.2 Å². The van der Waals surface area contributed by atoms with Crippen LogP contribution in [0.15, 0.2) is 24.5 Å². The molecule has 1 saturated carbocycles. The molecule has 1 amide bonds. The van der Waals surface area contributed by atoms with Crippen LogP contribution in [0.3, 0.4) is 0 Å². The lowest BCUT2D eigenvalue weighted by Crippen LogP contribution is -2.42. The number of nitrogens with zero attached hydrogens (tertiary/aromatic N) is 5. The van der Waals surface area contributed by atoms with Crippen molar-refractivity contribution in [2.24, 2.45) is 0 Å². The average molecular weight is 609 g/mol. The van der Waals surface area contributed by atoms with Gasteiger partial charge in [-0.1, -0.05) is 0 Å². The second kappa shape index (κ2) is 12.3. The van der Waals surface area contributed by atoms with Crippen molar-refractivity contribution in [1.29, 1.82) is 5.26 Å². The Bertz CT molecular complexity index is 1500. The maximum Gasteiger partial charge on any atom is 0.419 e. The topological polar surface area (TPSA) is 132 Å². The van der Waals surface area contributed by atoms with Gasteiger partial charge in [0.2, 0.25) is 5.95 Å². The summed E-state index contributed by atoms with van der Waals surface area (Å²) in [5, 5.41) is 15.6. The Morgan fingerprint density at radius 3 is 2.56 bits per heavy atom. The number of aromatic nitrogens is 4. The van der Waals surface area contributed by atoms with Crippen molar-refractivity contribution in [2.45, 2.75) is 76.2 Å². The number of ether oxygens (including phenoxy) is 1. The summed E-state index contributed by atoms with van der Waals surface area (Å²) in [6, 6.07) is 4.52. The van der Waals surface area contributed by atoms with Crippen LogP contribution in [0.5, 0.6) is 0 Å². The van der Waals surface area contributed by atoms with Crippen LogP contribution in [0, 0.1) is 11.3 Å². The van der Waals surface area contributed by atoms with Crippen molar-refractivity contribution in [3.8, 4) is 17.3 Å². The Morgan fingerprint density at radius 2 is 1.88 bits per heavy atom. The van der Waals surface area contributed by atoms with Crippen LogP contribution in [0.4, 0.5) is 32.7 Å². The third-order valence-corrected chi connectivity index (χ3v) is 6.87. The third-order valence-electron chi connectivity index (χ3n) is 6.87. The molecule has 0 saturated heterocycles. The summed E-state index contributed by atoms with van der Waals surface area (Å²) in [5.41, 5.74) is -1.63. The van der Waals surface area contributed by atoms with E-state index in [1.807, 2.05) is 6.07 Å². The van der Waals surface area contributed by atoms with Crippen LogP contribution in [0.2, 0.25) is 0 Å². The number of halogens is 5. The lowest BCUT2D eigenvalue weighted by molar-refractivity contribution is -0.137. The number of aromatic amines is 1. The molecule has 0 unspecified atom stereocenters. The second-order valence-electron chi connectivity index (χ2n) is 11.6. The predicted molar refractivity (Wildman–Crippen MR) is 148 cm³/mol. The van der Waals surface area contributed by atoms with Crippen molar-refractivity contribution in [3.05, 3.63) is 35.8 Å². The monoisotopic (exact) mass is 608 g/mol. The molecule has 232 valence electrons. The van der Waals surface area contributed by atoms with Crippen molar-refractivity contribution in [2.75, 3.05) is 25.5 Å². The normalized spacial score (nSPS) is 17.6. The fraction of sp³-hybridized carbons (Fsp3) is 0.536. The summed E-state index contributed by atoms with van der Waals surface area (Å²) >= 11 is 0. The standard InChI is InChI=1S/C28H33F5N8O2/c1-26(2,3)43-25(42)41(4)15-27(29,30)9-10-35-16-5-6-17(11-16)39-24-37-14-21(28(31,32)33)22(40-24)20-13-36-23-19(20)8-7-18(12-34)38-23/h7-8,13-14,16-17,35H,5-6,9-11,15H2,1-4H3,(H,36,38)(H,37,39,40)/t16-,17-/m0/s1. The summed E-state index contributed by atoms with van der Waals surface area (Å²) in [6.45, 7) is 4.19. The number of hydrogen-bond donors (Lipinski definition) is 3. The SMILES string of the molecule is CN(CC(F)(F)CCN[C@H]1CC[C@H](Nc2ncc(C(F)(F)F)c(-c3c[nH]c4nc(C#N)ccc34)n2)C1)C(=O)OC(C)(C)C. The molecular formula is C28H33F5N8O2. The first kappa shape index (κ1) is 31.9. The number of carbonyl (C=O) groups is 1. The highest BCUT2D eigenvalue weighted by Crippen LogP contribution is 2.38. The van der Waals surface area contributed by atoms with Gasteiger partial charge in [-0.2, -0.15) is 18.4 Å². The first-order valence-electron chi connectivity index (χ1n) is 13.7. The quantitative estimate of drug-likeness (QED) is 0.263. The van der Waals surface area contributed by atoms with Crippen LogP contribution in [-0.4, -0.2) is 74.7 Å². The number of pyridine rings is 1. The van der Waals surface area contributed by atoms with Gasteiger partial charge in [0.1, 0.15) is 28.6 Å². The fourth-order valence-corrected chi connectivity index (χ4v) is 4.90. The smallest absolute Gasteiger partial charge is 0.419 e. The number of nitrogens with one attached hydrogen (secondary N) is 3. The molecule has 3 heterocycles. The molecule has 1 aliphatic carbocycles. The number of anilines is 1. The molecule has 4 rings (SSSR count). The number of alkyl halides is 5. The molecule has 2 atom stereocenters. The van der Waals surface area contributed by atoms with Gasteiger partial charge in [-0.25, -0.2) is 28.5 Å². The molecule has 1 aliphatic rings. The molecule has 15 heteroatoms. The minimum Gasteiger partial charge on any atom is -0.444 e. The van der Waals surface area contributed by atoms with Gasteiger partial charge >= 0.3 is 12.3 Å². The molecule has 3 aromatic rings. The Kier molecular flexibility index (Phi) is 9.10. The highest BCUT2D eigenvalue weighted by molar-refractivity contribution is 5.93. The van der Waals surface area contributed by atoms with Gasteiger partial charge in [-0.3, -0.25) is 0 Å². The van der Waals surface area contributed by atoms with Crippen LogP contribution in [0.1, 0.15) is 57.7 Å². The van der Waals surface area contributed by atoms with Crippen LogP contribution in [-0.2, 0) is 10.9 Å². The van der Waals surface area contributed by atoms with E-state index in [0.29, 0.717) is 24.6 Å². The maximum absolute atomic E-state index is 14.5. The minimum absolute atomic E-state index is 0.00122. The lowest BCUT2D eigenvalue weighted by Gasteiger charge is -2.27. The van der Waals surface area contributed by atoms with Gasteiger partial charge in [0.05, 0.1) is 12.2 Å². The number of hydrogen-bond acceptors (Lipinski definition) is 8. The number of H-pyrrole nitrogens is 1. The molecule has 0 bridgehead atoms. The fourth-order valence-electron chi connectivity index (χ4n) is 4.90. The molecule has 0 aromatic carbocycles. The van der Waals surface area contributed by atoms with Gasteiger partial charge in [0.15, 0.2) is 0 Å². The van der Waals surface area contributed by atoms with E-state index in [4.69, 9.17) is 10.00 Å². The zero-order valence-corrected chi connectivity index (χ0v) is 24.1. The van der Waals surface area contributed by atoms with E-state index in [-0.39, 0.29) is 47.2 Å². The molecule has 43 heavy (non-hydrogen) atoms. The van der Waals surface area contributed by atoms with E-state index in [9.17, 15) is 26.7 Å². The summed E-state index contributed by atoms with van der Waals surface area (Å²) < 4.78 is 75.7. The molecule has 0 aliphatic heterocycles. The third kappa shape index (κ3) is 8.28. The Balaban J connectivity index is 1.36. The molecule has 3 aromatic heterocycles. The van der Waals surface area contributed by atoms with Gasteiger partial charge < -0.3 is 25.3 Å². The molecule has 10 nitrogen and oxygen atoms in total. The van der Waals surface area contributed by atoms with Gasteiger partial charge in [0.25, 0.3) is 5.92 Å². The predicted octanol–water partition coefficient (Wildman–Crippen LogP) is 5.73. The highest BCUT2D eigenvalue weighted by atomic mass is 19.4. The summed E-state index contributed by atoms with van der Waals surface area (Å²) in [6.07, 6.45) is -2.14. The number of amides is 1. The number of carbonyl (C=O) groups excluding carboxylic acids is 1. The number of nitriles is 1. The first-order valence-corrected chi connectivity index (χ1v) is 13.7. The van der Waals surface area contributed by atoms with Crippen molar-refractivity contribution < 1.29 is 31.5 Å². The van der Waals surface area contributed by atoms with Crippen molar-refractivity contribution >= 4 is 23.1 Å². The van der Waals surface area contributed by atoms with Crippen LogP contribution < -0.4 is 10.6 Å². The summed E-state index contributed by atoms with van der Waals surface area (Å²) in [7, 11) is 1.26. The van der Waals surface area contributed by atoms with Crippen LogP contribution >= 0.6 is 0 Å². The van der Waals surface area contributed by atoms with E-state index < -0.39 is 42.3 Å². The first-order chi connectivity index (χ1) is 20.0. The Morgan fingerprint density at radius 1 is 1.16 bits per heavy atom. The van der Waals surface area contributed by atoms with Crippen LogP contribution in [0.25, 0.3) is 22.3 Å². The Hall–Kier alpha value is -4.06.